The van der Waals surface area contributed by atoms with Gasteiger partial charge in [-0.05, 0) is 17.7 Å². The van der Waals surface area contributed by atoms with Crippen LogP contribution >= 0.6 is 0 Å². The van der Waals surface area contributed by atoms with Gasteiger partial charge in [-0.15, -0.1) is 0 Å². The van der Waals surface area contributed by atoms with Crippen molar-refractivity contribution in [2.75, 3.05) is 0 Å². The Kier molecular flexibility index (Phi) is 3.90. The summed E-state index contributed by atoms with van der Waals surface area (Å²) in [6.45, 7) is 0. The molecule has 2 rings (SSSR count). The summed E-state index contributed by atoms with van der Waals surface area (Å²) < 4.78 is 27.4. The van der Waals surface area contributed by atoms with Gasteiger partial charge in [-0.25, -0.2) is 0 Å². The fourth-order valence-electron chi connectivity index (χ4n) is 1.47. The fourth-order valence-corrected chi connectivity index (χ4v) is 2.33. The zero-order valence-electron chi connectivity index (χ0n) is 10.2. The van der Waals surface area contributed by atoms with E-state index in [1.54, 1.807) is 24.3 Å². The van der Waals surface area contributed by atoms with Gasteiger partial charge in [0.15, 0.2) is 0 Å². The number of rotatable bonds is 4. The number of non-ortho nitro benzene ring substituents is 1. The maximum absolute atomic E-state index is 11.9. The molecule has 0 saturated carbocycles. The third-order valence-electron chi connectivity index (χ3n) is 2.49. The van der Waals surface area contributed by atoms with E-state index in [1.807, 2.05) is 6.07 Å². The second-order valence-electron chi connectivity index (χ2n) is 3.87. The van der Waals surface area contributed by atoms with Gasteiger partial charge in [0.2, 0.25) is 0 Å². The van der Waals surface area contributed by atoms with Crippen LogP contribution in [0.4, 0.5) is 5.69 Å². The van der Waals surface area contributed by atoms with Crippen molar-refractivity contribution in [3.05, 3.63) is 70.3 Å². The zero-order valence-corrected chi connectivity index (χ0v) is 11.0. The van der Waals surface area contributed by atoms with Gasteiger partial charge < -0.3 is 0 Å². The van der Waals surface area contributed by atoms with Crippen molar-refractivity contribution in [1.82, 2.24) is 0 Å². The van der Waals surface area contributed by atoms with Crippen molar-refractivity contribution in [2.45, 2.75) is 4.90 Å². The van der Waals surface area contributed by atoms with E-state index >= 15 is 0 Å². The van der Waals surface area contributed by atoms with E-state index in [0.717, 1.165) is 24.3 Å². The van der Waals surface area contributed by atoms with Crippen LogP contribution in [0, 0.1) is 10.1 Å². The topological polar surface area (TPSA) is 89.6 Å². The number of hydrogen-bond acceptors (Lipinski definition) is 4. The van der Waals surface area contributed by atoms with Crippen molar-refractivity contribution in [3.63, 3.8) is 0 Å². The van der Waals surface area contributed by atoms with Crippen LogP contribution in [0.1, 0.15) is 5.56 Å². The average Bonchev–Trinajstić information content (AvgIpc) is 2.46. The Bertz CT molecular complexity index is 738. The molecule has 7 heteroatoms. The van der Waals surface area contributed by atoms with Crippen molar-refractivity contribution in [1.29, 1.82) is 0 Å². The molecule has 0 aliphatic heterocycles. The fraction of sp³-hybridized carbons (Fsp3) is 0. The molecule has 0 bridgehead atoms. The zero-order chi connectivity index (χ0) is 14.6. The lowest BCUT2D eigenvalue weighted by Gasteiger charge is -1.98. The summed E-state index contributed by atoms with van der Waals surface area (Å²) in [7, 11) is -3.85. The number of nitro groups is 1. The van der Waals surface area contributed by atoms with Gasteiger partial charge in [0.1, 0.15) is 0 Å². The van der Waals surface area contributed by atoms with Crippen molar-refractivity contribution < 1.29 is 13.3 Å². The van der Waals surface area contributed by atoms with Crippen LogP contribution in [-0.4, -0.2) is 19.6 Å². The third-order valence-corrected chi connectivity index (χ3v) is 3.74. The quantitative estimate of drug-likeness (QED) is 0.491. The molecule has 102 valence electrons. The Hall–Kier alpha value is -2.54. The van der Waals surface area contributed by atoms with E-state index in [1.165, 1.54) is 6.21 Å². The predicted octanol–water partition coefficient (Wildman–Crippen LogP) is 2.40. The van der Waals surface area contributed by atoms with Crippen molar-refractivity contribution in [3.8, 4) is 0 Å². The smallest absolute Gasteiger partial charge is 0.258 e. The molecule has 0 aliphatic rings. The maximum Gasteiger partial charge on any atom is 0.282 e. The minimum Gasteiger partial charge on any atom is -0.258 e. The lowest BCUT2D eigenvalue weighted by atomic mass is 10.2. The molecule has 0 atom stereocenters. The van der Waals surface area contributed by atoms with Gasteiger partial charge in [0.05, 0.1) is 9.82 Å². The Morgan fingerprint density at radius 1 is 1.00 bits per heavy atom. The van der Waals surface area contributed by atoms with Crippen LogP contribution in [0.15, 0.2) is 63.9 Å². The first-order chi connectivity index (χ1) is 9.49. The first-order valence-electron chi connectivity index (χ1n) is 5.59. The van der Waals surface area contributed by atoms with Gasteiger partial charge in [-0.1, -0.05) is 30.3 Å². The molecule has 0 saturated heterocycles. The highest BCUT2D eigenvalue weighted by molar-refractivity contribution is 7.90. The molecule has 2 aromatic carbocycles. The molecule has 0 aliphatic carbocycles. The Morgan fingerprint density at radius 2 is 1.60 bits per heavy atom. The van der Waals surface area contributed by atoms with Gasteiger partial charge in [0.25, 0.3) is 15.7 Å². The van der Waals surface area contributed by atoms with Gasteiger partial charge in [-0.3, -0.25) is 10.1 Å². The summed E-state index contributed by atoms with van der Waals surface area (Å²) in [6.07, 6.45) is 1.23. The van der Waals surface area contributed by atoms with Crippen LogP contribution < -0.4 is 0 Å². The molecular weight excluding hydrogens is 280 g/mol. The first-order valence-corrected chi connectivity index (χ1v) is 7.03. The lowest BCUT2D eigenvalue weighted by Crippen LogP contribution is -1.98. The summed E-state index contributed by atoms with van der Waals surface area (Å²) >= 11 is 0. The highest BCUT2D eigenvalue weighted by atomic mass is 32.2. The van der Waals surface area contributed by atoms with Crippen LogP contribution in [-0.2, 0) is 10.0 Å². The Labute approximate surface area is 115 Å². The van der Waals surface area contributed by atoms with Gasteiger partial charge in [0, 0.05) is 18.3 Å². The molecule has 0 heterocycles. The van der Waals surface area contributed by atoms with Crippen LogP contribution in [0.5, 0.6) is 0 Å². The molecule has 0 amide bonds. The number of sulfonamides is 1. The maximum atomic E-state index is 11.9. The number of nitrogens with zero attached hydrogens (tertiary/aromatic N) is 2. The molecule has 0 fully saturated rings. The highest BCUT2D eigenvalue weighted by Crippen LogP contribution is 2.17. The second kappa shape index (κ2) is 5.62. The Balaban J connectivity index is 2.27. The molecule has 0 spiro atoms. The monoisotopic (exact) mass is 290 g/mol. The van der Waals surface area contributed by atoms with Crippen molar-refractivity contribution in [2.24, 2.45) is 4.40 Å². The summed E-state index contributed by atoms with van der Waals surface area (Å²) in [5.74, 6) is 0. The molecule has 0 radical (unpaired) electrons. The number of benzene rings is 2. The average molecular weight is 290 g/mol. The van der Waals surface area contributed by atoms with Crippen molar-refractivity contribution >= 4 is 21.9 Å². The van der Waals surface area contributed by atoms with E-state index in [-0.39, 0.29) is 10.6 Å². The van der Waals surface area contributed by atoms with Crippen LogP contribution in [0.3, 0.4) is 0 Å². The van der Waals surface area contributed by atoms with Crippen LogP contribution in [0.25, 0.3) is 0 Å². The third kappa shape index (κ3) is 3.27. The molecule has 0 N–H and O–H groups in total. The highest BCUT2D eigenvalue weighted by Gasteiger charge is 2.13. The molecule has 0 unspecified atom stereocenters. The van der Waals surface area contributed by atoms with E-state index in [2.05, 4.69) is 4.40 Å². The van der Waals surface area contributed by atoms with Crippen LogP contribution in [0.2, 0.25) is 0 Å². The second-order valence-corrected chi connectivity index (χ2v) is 5.50. The minimum atomic E-state index is -3.85. The normalized spacial score (nSPS) is 11.6. The van der Waals surface area contributed by atoms with E-state index in [4.69, 9.17) is 0 Å². The predicted molar refractivity (Wildman–Crippen MR) is 74.3 cm³/mol. The molecular formula is C13H10N2O4S. The standard InChI is InChI=1S/C13H10N2O4S/c16-15(17)12-6-8-13(9-7-12)20(18,19)14-10-11-4-2-1-3-5-11/h1-10H. The number of nitro benzene ring substituents is 1. The summed E-state index contributed by atoms with van der Waals surface area (Å²) in [5, 5.41) is 10.5. The van der Waals surface area contributed by atoms with E-state index in [0.29, 0.717) is 5.56 Å². The molecule has 0 aromatic heterocycles. The van der Waals surface area contributed by atoms with E-state index < -0.39 is 14.9 Å². The summed E-state index contributed by atoms with van der Waals surface area (Å²) in [5.41, 5.74) is 0.481. The van der Waals surface area contributed by atoms with Gasteiger partial charge in [-0.2, -0.15) is 12.8 Å². The molecule has 2 aromatic rings. The summed E-state index contributed by atoms with van der Waals surface area (Å²) in [6, 6.07) is 13.4. The first kappa shape index (κ1) is 13.9. The minimum absolute atomic E-state index is 0.0877. The SMILES string of the molecule is O=[N+]([O-])c1ccc(S(=O)(=O)N=Cc2ccccc2)cc1. The molecule has 20 heavy (non-hydrogen) atoms. The van der Waals surface area contributed by atoms with Gasteiger partial charge >= 0.3 is 0 Å². The molecule has 6 nitrogen and oxygen atoms in total. The summed E-state index contributed by atoms with van der Waals surface area (Å²) in [4.78, 5) is 9.82. The van der Waals surface area contributed by atoms with E-state index in [9.17, 15) is 18.5 Å². The number of hydrogen-bond donors (Lipinski definition) is 0. The lowest BCUT2D eigenvalue weighted by molar-refractivity contribution is -0.384. The Morgan fingerprint density at radius 3 is 2.15 bits per heavy atom. The largest absolute Gasteiger partial charge is 0.282 e.